The average molecular weight is 392 g/mol. The van der Waals surface area contributed by atoms with E-state index in [9.17, 15) is 14.0 Å². The molecule has 0 saturated carbocycles. The zero-order valence-corrected chi connectivity index (χ0v) is 15.9. The van der Waals surface area contributed by atoms with E-state index in [0.717, 1.165) is 11.1 Å². The van der Waals surface area contributed by atoms with E-state index in [2.05, 4.69) is 10.6 Å². The molecule has 0 bridgehead atoms. The first-order valence-electron chi connectivity index (χ1n) is 9.09. The monoisotopic (exact) mass is 392 g/mol. The van der Waals surface area contributed by atoms with Gasteiger partial charge in [-0.3, -0.25) is 10.1 Å². The van der Waals surface area contributed by atoms with Crippen molar-refractivity contribution in [2.75, 3.05) is 19.0 Å². The van der Waals surface area contributed by atoms with Crippen LogP contribution in [0, 0.1) is 5.82 Å². The number of carbonyl (C=O) groups excluding carboxylic acids is 2. The van der Waals surface area contributed by atoms with Gasteiger partial charge < -0.3 is 10.1 Å². The van der Waals surface area contributed by atoms with E-state index in [4.69, 9.17) is 4.74 Å². The van der Waals surface area contributed by atoms with Crippen molar-refractivity contribution in [3.63, 3.8) is 0 Å². The quantitative estimate of drug-likeness (QED) is 0.598. The summed E-state index contributed by atoms with van der Waals surface area (Å²) >= 11 is 0. The second kappa shape index (κ2) is 9.61. The van der Waals surface area contributed by atoms with Crippen LogP contribution in [0.1, 0.15) is 27.5 Å². The fraction of sp³-hybridized carbons (Fsp3) is 0.130. The molecular weight excluding hydrogens is 371 g/mol. The summed E-state index contributed by atoms with van der Waals surface area (Å²) in [4.78, 5) is 24.4. The molecule has 0 saturated heterocycles. The molecule has 1 unspecified atom stereocenters. The Kier molecular flexibility index (Phi) is 6.71. The lowest BCUT2D eigenvalue weighted by Gasteiger charge is -2.20. The van der Waals surface area contributed by atoms with Crippen LogP contribution in [0.3, 0.4) is 0 Å². The minimum Gasteiger partial charge on any atom is -0.465 e. The first-order chi connectivity index (χ1) is 14.1. The van der Waals surface area contributed by atoms with Gasteiger partial charge in [-0.05, 0) is 35.4 Å². The van der Waals surface area contributed by atoms with E-state index < -0.39 is 5.97 Å². The van der Waals surface area contributed by atoms with Gasteiger partial charge in [0, 0.05) is 0 Å². The predicted molar refractivity (Wildman–Crippen MR) is 109 cm³/mol. The summed E-state index contributed by atoms with van der Waals surface area (Å²) in [7, 11) is 1.29. The third-order valence-corrected chi connectivity index (χ3v) is 4.41. The fourth-order valence-corrected chi connectivity index (χ4v) is 3.00. The highest BCUT2D eigenvalue weighted by molar-refractivity contribution is 6.01. The van der Waals surface area contributed by atoms with Crippen LogP contribution in [-0.2, 0) is 9.53 Å². The topological polar surface area (TPSA) is 67.4 Å². The average Bonchev–Trinajstić information content (AvgIpc) is 2.75. The summed E-state index contributed by atoms with van der Waals surface area (Å²) in [5, 5.41) is 5.93. The molecular formula is C23H21FN2O3. The number of methoxy groups -OCH3 is 1. The number of hydrogen-bond donors (Lipinski definition) is 2. The summed E-state index contributed by atoms with van der Waals surface area (Å²) in [5.74, 6) is -1.16. The number of ether oxygens (including phenoxy) is 1. The van der Waals surface area contributed by atoms with Gasteiger partial charge in [-0.1, -0.05) is 54.6 Å². The second-order valence-corrected chi connectivity index (χ2v) is 6.36. The summed E-state index contributed by atoms with van der Waals surface area (Å²) in [6.45, 7) is -0.00750. The summed E-state index contributed by atoms with van der Waals surface area (Å²) in [6.07, 6.45) is 0. The predicted octanol–water partition coefficient (Wildman–Crippen LogP) is 3.93. The van der Waals surface area contributed by atoms with Gasteiger partial charge in [0.1, 0.15) is 5.82 Å². The third-order valence-electron chi connectivity index (χ3n) is 4.41. The molecule has 0 spiro atoms. The zero-order chi connectivity index (χ0) is 20.6. The number of hydrogen-bond acceptors (Lipinski definition) is 4. The molecule has 0 aliphatic heterocycles. The van der Waals surface area contributed by atoms with E-state index in [1.54, 1.807) is 36.4 Å². The van der Waals surface area contributed by atoms with Crippen molar-refractivity contribution in [1.29, 1.82) is 0 Å². The molecule has 1 amide bonds. The van der Waals surface area contributed by atoms with Crippen LogP contribution in [0.15, 0.2) is 78.9 Å². The van der Waals surface area contributed by atoms with Crippen molar-refractivity contribution in [3.8, 4) is 0 Å². The van der Waals surface area contributed by atoms with Gasteiger partial charge in [0.05, 0.1) is 30.9 Å². The van der Waals surface area contributed by atoms with Crippen LogP contribution in [0.5, 0.6) is 0 Å². The van der Waals surface area contributed by atoms with Crippen LogP contribution in [0.2, 0.25) is 0 Å². The normalized spacial score (nSPS) is 11.5. The number of benzene rings is 3. The number of halogens is 1. The van der Waals surface area contributed by atoms with Gasteiger partial charge >= 0.3 is 5.97 Å². The Labute approximate surface area is 168 Å². The van der Waals surface area contributed by atoms with Gasteiger partial charge in [-0.15, -0.1) is 0 Å². The largest absolute Gasteiger partial charge is 0.465 e. The lowest BCUT2D eigenvalue weighted by molar-refractivity contribution is -0.115. The molecule has 3 rings (SSSR count). The van der Waals surface area contributed by atoms with Gasteiger partial charge in [0.25, 0.3) is 0 Å². The van der Waals surface area contributed by atoms with Gasteiger partial charge in [-0.2, -0.15) is 0 Å². The molecule has 6 heteroatoms. The van der Waals surface area contributed by atoms with E-state index >= 15 is 0 Å². The lowest BCUT2D eigenvalue weighted by Crippen LogP contribution is -2.32. The molecule has 0 fully saturated rings. The van der Waals surface area contributed by atoms with Crippen molar-refractivity contribution >= 4 is 17.6 Å². The van der Waals surface area contributed by atoms with E-state index in [0.29, 0.717) is 5.69 Å². The third kappa shape index (κ3) is 5.27. The maximum absolute atomic E-state index is 13.3. The number of esters is 1. The Morgan fingerprint density at radius 3 is 2.21 bits per heavy atom. The molecule has 0 radical (unpaired) electrons. The van der Waals surface area contributed by atoms with Gasteiger partial charge in [-0.25, -0.2) is 9.18 Å². The number of anilines is 1. The number of para-hydroxylation sites is 1. The van der Waals surface area contributed by atoms with Crippen LogP contribution in [0.4, 0.5) is 10.1 Å². The molecule has 3 aromatic rings. The molecule has 1 atom stereocenters. The highest BCUT2D eigenvalue weighted by Crippen LogP contribution is 2.22. The van der Waals surface area contributed by atoms with Crippen molar-refractivity contribution in [2.45, 2.75) is 6.04 Å². The molecule has 0 heterocycles. The van der Waals surface area contributed by atoms with Crippen molar-refractivity contribution in [3.05, 3.63) is 101 Å². The molecule has 0 aromatic heterocycles. The van der Waals surface area contributed by atoms with Crippen molar-refractivity contribution < 1.29 is 18.7 Å². The van der Waals surface area contributed by atoms with Crippen molar-refractivity contribution in [1.82, 2.24) is 5.32 Å². The van der Waals surface area contributed by atoms with Gasteiger partial charge in [0.2, 0.25) is 5.91 Å². The highest BCUT2D eigenvalue weighted by atomic mass is 19.1. The molecule has 5 nitrogen and oxygen atoms in total. The molecule has 29 heavy (non-hydrogen) atoms. The fourth-order valence-electron chi connectivity index (χ4n) is 3.00. The minimum atomic E-state index is -0.526. The SMILES string of the molecule is COC(=O)c1ccccc1NC(=O)CNC(c1ccccc1)c1ccc(F)cc1. The van der Waals surface area contributed by atoms with E-state index in [1.165, 1.54) is 19.2 Å². The maximum Gasteiger partial charge on any atom is 0.339 e. The molecule has 0 aliphatic rings. The number of amides is 1. The molecule has 0 aliphatic carbocycles. The number of carbonyl (C=O) groups is 2. The minimum absolute atomic E-state index is 0.00750. The van der Waals surface area contributed by atoms with E-state index in [1.807, 2.05) is 30.3 Å². The Morgan fingerprint density at radius 2 is 1.52 bits per heavy atom. The highest BCUT2D eigenvalue weighted by Gasteiger charge is 2.17. The van der Waals surface area contributed by atoms with Crippen LogP contribution < -0.4 is 10.6 Å². The number of nitrogens with one attached hydrogen (secondary N) is 2. The summed E-state index contributed by atoms with van der Waals surface area (Å²) < 4.78 is 18.1. The maximum atomic E-state index is 13.3. The Bertz CT molecular complexity index is 975. The zero-order valence-electron chi connectivity index (χ0n) is 15.9. The molecule has 148 valence electrons. The smallest absolute Gasteiger partial charge is 0.339 e. The Morgan fingerprint density at radius 1 is 0.897 bits per heavy atom. The Hall–Kier alpha value is -3.51. The standard InChI is InChI=1S/C23H21FN2O3/c1-29-23(28)19-9-5-6-10-20(19)26-21(27)15-25-22(16-7-3-2-4-8-16)17-11-13-18(24)14-12-17/h2-14,22,25H,15H2,1H3,(H,26,27). The van der Waals surface area contributed by atoms with Crippen LogP contribution in [0.25, 0.3) is 0 Å². The molecule has 3 aromatic carbocycles. The number of rotatable bonds is 7. The molecule has 2 N–H and O–H groups in total. The lowest BCUT2D eigenvalue weighted by atomic mass is 9.98. The van der Waals surface area contributed by atoms with Crippen LogP contribution >= 0.6 is 0 Å². The van der Waals surface area contributed by atoms with Gasteiger partial charge in [0.15, 0.2) is 0 Å². The first kappa shape index (κ1) is 20.2. The van der Waals surface area contributed by atoms with Crippen molar-refractivity contribution in [2.24, 2.45) is 0 Å². The van der Waals surface area contributed by atoms with Crippen LogP contribution in [-0.4, -0.2) is 25.5 Å². The summed E-state index contributed by atoms with van der Waals surface area (Å²) in [5.41, 5.74) is 2.44. The summed E-state index contributed by atoms with van der Waals surface area (Å²) in [6, 6.07) is 22.1. The van der Waals surface area contributed by atoms with E-state index in [-0.39, 0.29) is 29.9 Å². The first-order valence-corrected chi connectivity index (χ1v) is 9.09. The Balaban J connectivity index is 1.74. The second-order valence-electron chi connectivity index (χ2n) is 6.36.